The standard InChI is InChI=1S/C10H8BrClFN3S/c11-6-2-1-5(9(13)8(6)12)10(16-14)7-3-15-4-17-7/h1-4,10,16H,14H2. The number of nitrogens with one attached hydrogen (secondary N) is 1. The predicted molar refractivity (Wildman–Crippen MR) is 70.4 cm³/mol. The topological polar surface area (TPSA) is 50.9 Å². The van der Waals surface area contributed by atoms with Crippen LogP contribution in [0.1, 0.15) is 16.5 Å². The molecule has 2 aromatic rings. The average Bonchev–Trinajstić information content (AvgIpc) is 2.84. The van der Waals surface area contributed by atoms with Gasteiger partial charge in [0.15, 0.2) is 0 Å². The second-order valence-electron chi connectivity index (χ2n) is 3.27. The zero-order chi connectivity index (χ0) is 12.4. The molecule has 90 valence electrons. The summed E-state index contributed by atoms with van der Waals surface area (Å²) in [6, 6.07) is 2.87. The van der Waals surface area contributed by atoms with Crippen LogP contribution in [0, 0.1) is 5.82 Å². The summed E-state index contributed by atoms with van der Waals surface area (Å²) in [5.41, 5.74) is 4.62. The van der Waals surface area contributed by atoms with E-state index >= 15 is 0 Å². The average molecular weight is 337 g/mol. The van der Waals surface area contributed by atoms with Gasteiger partial charge in [0.1, 0.15) is 5.82 Å². The van der Waals surface area contributed by atoms with Crippen molar-refractivity contribution in [1.29, 1.82) is 0 Å². The quantitative estimate of drug-likeness (QED) is 0.514. The van der Waals surface area contributed by atoms with Crippen LogP contribution in [0.25, 0.3) is 0 Å². The predicted octanol–water partition coefficient (Wildman–Crippen LogP) is 3.25. The molecule has 3 nitrogen and oxygen atoms in total. The van der Waals surface area contributed by atoms with Crippen molar-refractivity contribution in [2.24, 2.45) is 5.84 Å². The molecule has 1 aromatic heterocycles. The van der Waals surface area contributed by atoms with Crippen molar-refractivity contribution < 1.29 is 4.39 Å². The molecule has 0 aliphatic heterocycles. The van der Waals surface area contributed by atoms with Gasteiger partial charge in [-0.3, -0.25) is 10.8 Å². The number of hydrazine groups is 1. The number of thiazole rings is 1. The van der Waals surface area contributed by atoms with E-state index in [-0.39, 0.29) is 5.02 Å². The third-order valence-corrected chi connectivity index (χ3v) is 4.38. The van der Waals surface area contributed by atoms with Gasteiger partial charge in [-0.15, -0.1) is 11.3 Å². The van der Waals surface area contributed by atoms with Crippen LogP contribution in [-0.4, -0.2) is 4.98 Å². The van der Waals surface area contributed by atoms with Gasteiger partial charge in [-0.2, -0.15) is 0 Å². The lowest BCUT2D eigenvalue weighted by Gasteiger charge is -2.16. The lowest BCUT2D eigenvalue weighted by molar-refractivity contribution is 0.563. The molecule has 0 radical (unpaired) electrons. The number of hydrogen-bond donors (Lipinski definition) is 2. The molecule has 0 amide bonds. The van der Waals surface area contributed by atoms with Gasteiger partial charge >= 0.3 is 0 Å². The van der Waals surface area contributed by atoms with E-state index in [2.05, 4.69) is 26.3 Å². The van der Waals surface area contributed by atoms with E-state index in [1.807, 2.05) is 0 Å². The van der Waals surface area contributed by atoms with Gasteiger partial charge in [-0.05, 0) is 22.0 Å². The molecule has 17 heavy (non-hydrogen) atoms. The van der Waals surface area contributed by atoms with Gasteiger partial charge in [0.2, 0.25) is 0 Å². The lowest BCUT2D eigenvalue weighted by atomic mass is 10.1. The number of halogens is 3. The lowest BCUT2D eigenvalue weighted by Crippen LogP contribution is -2.29. The van der Waals surface area contributed by atoms with Crippen LogP contribution in [0.4, 0.5) is 4.39 Å². The normalized spacial score (nSPS) is 12.7. The summed E-state index contributed by atoms with van der Waals surface area (Å²) in [7, 11) is 0. The Kier molecular flexibility index (Phi) is 4.11. The molecule has 0 spiro atoms. The molecule has 0 saturated carbocycles. The Hall–Kier alpha value is -0.530. The van der Waals surface area contributed by atoms with Crippen molar-refractivity contribution in [3.8, 4) is 0 Å². The SMILES string of the molecule is NNC(c1cncs1)c1ccc(Br)c(Cl)c1F. The van der Waals surface area contributed by atoms with Crippen LogP contribution >= 0.6 is 38.9 Å². The highest BCUT2D eigenvalue weighted by Gasteiger charge is 2.20. The minimum atomic E-state index is -0.489. The molecule has 1 unspecified atom stereocenters. The first-order chi connectivity index (χ1) is 8.15. The Morgan fingerprint density at radius 2 is 2.29 bits per heavy atom. The maximum absolute atomic E-state index is 14.0. The maximum atomic E-state index is 14.0. The van der Waals surface area contributed by atoms with Gasteiger partial charge in [0.25, 0.3) is 0 Å². The van der Waals surface area contributed by atoms with Crippen molar-refractivity contribution in [3.63, 3.8) is 0 Å². The van der Waals surface area contributed by atoms with E-state index in [9.17, 15) is 4.39 Å². The van der Waals surface area contributed by atoms with Gasteiger partial charge < -0.3 is 0 Å². The summed E-state index contributed by atoms with van der Waals surface area (Å²) in [5, 5.41) is 0.0484. The van der Waals surface area contributed by atoms with Crippen LogP contribution in [0.15, 0.2) is 28.3 Å². The molecular weight excluding hydrogens is 329 g/mol. The molecule has 0 bridgehead atoms. The number of nitrogens with zero attached hydrogens (tertiary/aromatic N) is 1. The molecule has 3 N–H and O–H groups in total. The van der Waals surface area contributed by atoms with Gasteiger partial charge in [0.05, 0.1) is 16.6 Å². The van der Waals surface area contributed by atoms with Crippen LogP contribution in [0.5, 0.6) is 0 Å². The van der Waals surface area contributed by atoms with Crippen LogP contribution in [0.3, 0.4) is 0 Å². The van der Waals surface area contributed by atoms with Crippen molar-refractivity contribution in [2.45, 2.75) is 6.04 Å². The minimum Gasteiger partial charge on any atom is -0.271 e. The van der Waals surface area contributed by atoms with E-state index in [1.54, 1.807) is 23.8 Å². The molecule has 1 atom stereocenters. The maximum Gasteiger partial charge on any atom is 0.148 e. The molecule has 0 aliphatic carbocycles. The first-order valence-corrected chi connectivity index (χ1v) is 6.68. The van der Waals surface area contributed by atoms with Crippen molar-refractivity contribution in [2.75, 3.05) is 0 Å². The second-order valence-corrected chi connectivity index (χ2v) is 5.42. The number of nitrogens with two attached hydrogens (primary N) is 1. The molecule has 0 saturated heterocycles. The highest BCUT2D eigenvalue weighted by Crippen LogP contribution is 2.33. The smallest absolute Gasteiger partial charge is 0.148 e. The third-order valence-electron chi connectivity index (χ3n) is 2.28. The summed E-state index contributed by atoms with van der Waals surface area (Å²) < 4.78 is 14.5. The highest BCUT2D eigenvalue weighted by atomic mass is 79.9. The molecule has 0 fully saturated rings. The molecule has 0 aliphatic rings. The number of hydrogen-bond acceptors (Lipinski definition) is 4. The minimum absolute atomic E-state index is 0.0484. The molecule has 7 heteroatoms. The Bertz CT molecular complexity index is 521. The molecular formula is C10H8BrClFN3S. The van der Waals surface area contributed by atoms with Crippen LogP contribution in [-0.2, 0) is 0 Å². The molecule has 1 aromatic carbocycles. The summed E-state index contributed by atoms with van der Waals surface area (Å²) in [4.78, 5) is 4.77. The van der Waals surface area contributed by atoms with E-state index in [4.69, 9.17) is 17.4 Å². The third kappa shape index (κ3) is 2.51. The number of benzene rings is 1. The zero-order valence-electron chi connectivity index (χ0n) is 8.45. The van der Waals surface area contributed by atoms with E-state index in [0.717, 1.165) is 4.88 Å². The van der Waals surface area contributed by atoms with Crippen molar-refractivity contribution in [1.82, 2.24) is 10.4 Å². The summed E-state index contributed by atoms with van der Waals surface area (Å²) in [5.74, 6) is 4.97. The van der Waals surface area contributed by atoms with Gasteiger partial charge in [-0.25, -0.2) is 9.82 Å². The van der Waals surface area contributed by atoms with Crippen LogP contribution < -0.4 is 11.3 Å². The Labute approximate surface area is 115 Å². The summed E-state index contributed by atoms with van der Waals surface area (Å²) in [6.45, 7) is 0. The van der Waals surface area contributed by atoms with E-state index in [1.165, 1.54) is 11.3 Å². The number of aromatic nitrogens is 1. The fourth-order valence-corrected chi connectivity index (χ4v) is 2.63. The Balaban J connectivity index is 2.49. The van der Waals surface area contributed by atoms with E-state index < -0.39 is 11.9 Å². The number of rotatable bonds is 3. The zero-order valence-corrected chi connectivity index (χ0v) is 11.6. The molecule has 1 heterocycles. The second kappa shape index (κ2) is 5.41. The monoisotopic (exact) mass is 335 g/mol. The largest absolute Gasteiger partial charge is 0.271 e. The van der Waals surface area contributed by atoms with Crippen molar-refractivity contribution >= 4 is 38.9 Å². The van der Waals surface area contributed by atoms with Gasteiger partial charge in [0, 0.05) is 21.1 Å². The fraction of sp³-hybridized carbons (Fsp3) is 0.100. The van der Waals surface area contributed by atoms with Crippen LogP contribution in [0.2, 0.25) is 5.02 Å². The molecule has 2 rings (SSSR count). The van der Waals surface area contributed by atoms with E-state index in [0.29, 0.717) is 10.0 Å². The van der Waals surface area contributed by atoms with Crippen molar-refractivity contribution in [3.05, 3.63) is 49.6 Å². The van der Waals surface area contributed by atoms with Gasteiger partial charge in [-0.1, -0.05) is 17.7 Å². The fourth-order valence-electron chi connectivity index (χ4n) is 1.46. The Morgan fingerprint density at radius 1 is 1.53 bits per heavy atom. The summed E-state index contributed by atoms with van der Waals surface area (Å²) >= 11 is 10.4. The highest BCUT2D eigenvalue weighted by molar-refractivity contribution is 9.10. The first kappa shape index (κ1) is 12.9. The first-order valence-electron chi connectivity index (χ1n) is 4.63. The summed E-state index contributed by atoms with van der Waals surface area (Å²) in [6.07, 6.45) is 1.64. The Morgan fingerprint density at radius 3 is 2.88 bits per heavy atom.